The third-order valence-corrected chi connectivity index (χ3v) is 12.2. The fourth-order valence-electron chi connectivity index (χ4n) is 9.93. The second kappa shape index (κ2) is 10.8. The smallest absolute Gasteiger partial charge is 0.0750 e. The lowest BCUT2D eigenvalue weighted by molar-refractivity contribution is 0.529. The molecule has 1 spiro atoms. The fraction of sp³-hybridized carbons (Fsp3) is 0.0784. The molecule has 244 valence electrons. The molecular formula is C51H35N. The number of nitrogens with zero attached hydrogens (tertiary/aromatic N) is 1. The van der Waals surface area contributed by atoms with Gasteiger partial charge in [0.2, 0.25) is 0 Å². The Kier molecular flexibility index (Phi) is 6.14. The minimum Gasteiger partial charge on any atom is -0.248 e. The highest BCUT2D eigenvalue weighted by Gasteiger charge is 2.56. The summed E-state index contributed by atoms with van der Waals surface area (Å²) in [5, 5.41) is 0. The number of para-hydroxylation sites is 1. The van der Waals surface area contributed by atoms with Gasteiger partial charge in [0, 0.05) is 11.0 Å². The number of fused-ring (bicyclic) bond motifs is 12. The summed E-state index contributed by atoms with van der Waals surface area (Å²) in [6.45, 7) is 2.47. The Morgan fingerprint density at radius 2 is 0.923 bits per heavy atom. The van der Waals surface area contributed by atoms with Crippen LogP contribution in [0.2, 0.25) is 0 Å². The van der Waals surface area contributed by atoms with Crippen LogP contribution in [0.5, 0.6) is 0 Å². The molecule has 7 aromatic rings. The van der Waals surface area contributed by atoms with Gasteiger partial charge in [-0.1, -0.05) is 165 Å². The molecule has 0 saturated carbocycles. The van der Waals surface area contributed by atoms with Gasteiger partial charge >= 0.3 is 0 Å². The van der Waals surface area contributed by atoms with Gasteiger partial charge in [-0.05, 0) is 109 Å². The largest absolute Gasteiger partial charge is 0.248 e. The average molecular weight is 662 g/mol. The van der Waals surface area contributed by atoms with E-state index in [4.69, 9.17) is 4.99 Å². The Hall–Kier alpha value is -6.31. The maximum absolute atomic E-state index is 5.50. The highest BCUT2D eigenvalue weighted by molar-refractivity contribution is 6.19. The molecule has 1 aliphatic heterocycles. The molecule has 0 aromatic heterocycles. The monoisotopic (exact) mass is 661 g/mol. The Morgan fingerprint density at radius 3 is 1.60 bits per heavy atom. The normalized spacial score (nSPS) is 18.4. The van der Waals surface area contributed by atoms with E-state index in [2.05, 4.69) is 189 Å². The van der Waals surface area contributed by atoms with Crippen LogP contribution < -0.4 is 0 Å². The van der Waals surface area contributed by atoms with E-state index in [0.717, 1.165) is 23.4 Å². The van der Waals surface area contributed by atoms with E-state index in [9.17, 15) is 0 Å². The van der Waals surface area contributed by atoms with Crippen molar-refractivity contribution in [1.29, 1.82) is 0 Å². The minimum absolute atomic E-state index is 0.280. The molecule has 0 saturated heterocycles. The van der Waals surface area contributed by atoms with Gasteiger partial charge in [-0.3, -0.25) is 0 Å². The predicted octanol–water partition coefficient (Wildman–Crippen LogP) is 12.5. The lowest BCUT2D eigenvalue weighted by atomic mass is 9.59. The number of hydrogen-bond acceptors (Lipinski definition) is 1. The second-order valence-electron chi connectivity index (χ2n) is 14.9. The predicted molar refractivity (Wildman–Crippen MR) is 215 cm³/mol. The van der Waals surface area contributed by atoms with E-state index in [1.54, 1.807) is 0 Å². The first kappa shape index (κ1) is 29.4. The van der Waals surface area contributed by atoms with Crippen molar-refractivity contribution in [3.05, 3.63) is 227 Å². The molecule has 3 aliphatic carbocycles. The summed E-state index contributed by atoms with van der Waals surface area (Å²) >= 11 is 0. The average Bonchev–Trinajstić information content (AvgIpc) is 3.67. The van der Waals surface area contributed by atoms with Gasteiger partial charge in [-0.25, -0.2) is 4.99 Å². The van der Waals surface area contributed by atoms with Crippen molar-refractivity contribution in [2.24, 2.45) is 4.99 Å². The van der Waals surface area contributed by atoms with E-state index in [0.29, 0.717) is 0 Å². The maximum atomic E-state index is 5.50. The molecule has 1 unspecified atom stereocenters. The highest BCUT2D eigenvalue weighted by atomic mass is 14.8. The molecule has 11 rings (SSSR count). The van der Waals surface area contributed by atoms with Crippen molar-refractivity contribution in [1.82, 2.24) is 0 Å². The first-order chi connectivity index (χ1) is 25.6. The molecule has 0 N–H and O–H groups in total. The van der Waals surface area contributed by atoms with Gasteiger partial charge in [0.15, 0.2) is 0 Å². The fourth-order valence-corrected chi connectivity index (χ4v) is 9.93. The van der Waals surface area contributed by atoms with Crippen LogP contribution in [0, 0.1) is 0 Å². The zero-order chi connectivity index (χ0) is 34.4. The highest BCUT2D eigenvalue weighted by Crippen LogP contribution is 2.66. The Balaban J connectivity index is 1.13. The van der Waals surface area contributed by atoms with E-state index in [1.807, 2.05) is 0 Å². The third kappa shape index (κ3) is 3.91. The molecule has 4 aliphatic rings. The van der Waals surface area contributed by atoms with Gasteiger partial charge in [0.05, 0.1) is 16.8 Å². The van der Waals surface area contributed by atoms with Crippen LogP contribution >= 0.6 is 0 Å². The van der Waals surface area contributed by atoms with Gasteiger partial charge in [0.25, 0.3) is 0 Å². The molecule has 0 bridgehead atoms. The number of allylic oxidation sites excluding steroid dienone is 4. The van der Waals surface area contributed by atoms with Crippen LogP contribution in [0.4, 0.5) is 5.69 Å². The number of hydrogen-bond donors (Lipinski definition) is 0. The Labute approximate surface area is 305 Å². The zero-order valence-corrected chi connectivity index (χ0v) is 29.0. The van der Waals surface area contributed by atoms with Gasteiger partial charge in [-0.15, -0.1) is 0 Å². The SMILES string of the molecule is CC12CC3=C(C=C1C(c1cccc(-c4cccc(-c5ccccc5)c4)c1)=Nc1ccccc12)c1ccccc1C31c2ccccc2-c2ccccc21. The summed E-state index contributed by atoms with van der Waals surface area (Å²) in [6, 6.07) is 64.8. The lowest BCUT2D eigenvalue weighted by Crippen LogP contribution is -2.38. The zero-order valence-electron chi connectivity index (χ0n) is 29.0. The van der Waals surface area contributed by atoms with Crippen molar-refractivity contribution in [2.45, 2.75) is 24.2 Å². The molecule has 52 heavy (non-hydrogen) atoms. The van der Waals surface area contributed by atoms with Crippen molar-refractivity contribution in [3.63, 3.8) is 0 Å². The number of benzene rings is 7. The summed E-state index contributed by atoms with van der Waals surface area (Å²) in [4.78, 5) is 5.50. The Morgan fingerprint density at radius 1 is 0.442 bits per heavy atom. The van der Waals surface area contributed by atoms with Crippen LogP contribution in [0.15, 0.2) is 198 Å². The molecule has 1 heteroatoms. The molecular weight excluding hydrogens is 627 g/mol. The van der Waals surface area contributed by atoms with E-state index in [-0.39, 0.29) is 10.8 Å². The number of rotatable bonds is 3. The first-order valence-corrected chi connectivity index (χ1v) is 18.3. The van der Waals surface area contributed by atoms with E-state index < -0.39 is 0 Å². The van der Waals surface area contributed by atoms with Gasteiger partial charge in [-0.2, -0.15) is 0 Å². The van der Waals surface area contributed by atoms with Crippen LogP contribution in [0.3, 0.4) is 0 Å². The number of aliphatic imine (C=N–C) groups is 1. The van der Waals surface area contributed by atoms with E-state index >= 15 is 0 Å². The quantitative estimate of drug-likeness (QED) is 0.179. The van der Waals surface area contributed by atoms with Crippen LogP contribution in [-0.2, 0) is 10.8 Å². The lowest BCUT2D eigenvalue weighted by Gasteiger charge is -2.44. The first-order valence-electron chi connectivity index (χ1n) is 18.3. The van der Waals surface area contributed by atoms with Crippen molar-refractivity contribution in [2.75, 3.05) is 0 Å². The van der Waals surface area contributed by atoms with E-state index in [1.165, 1.54) is 77.9 Å². The second-order valence-corrected chi connectivity index (χ2v) is 14.9. The summed E-state index contributed by atoms with van der Waals surface area (Å²) in [5.41, 5.74) is 21.2. The molecule has 1 atom stereocenters. The molecule has 0 amide bonds. The maximum Gasteiger partial charge on any atom is 0.0750 e. The molecule has 0 radical (unpaired) electrons. The van der Waals surface area contributed by atoms with Crippen LogP contribution in [0.1, 0.15) is 46.7 Å². The van der Waals surface area contributed by atoms with Gasteiger partial charge in [0.1, 0.15) is 0 Å². The van der Waals surface area contributed by atoms with Crippen molar-refractivity contribution in [3.8, 4) is 33.4 Å². The topological polar surface area (TPSA) is 12.4 Å². The molecule has 7 aromatic carbocycles. The summed E-state index contributed by atoms with van der Waals surface area (Å²) in [7, 11) is 0. The van der Waals surface area contributed by atoms with Gasteiger partial charge < -0.3 is 0 Å². The minimum atomic E-state index is -0.336. The van der Waals surface area contributed by atoms with Crippen LogP contribution in [-0.4, -0.2) is 5.71 Å². The molecule has 1 heterocycles. The summed E-state index contributed by atoms with van der Waals surface area (Å²) < 4.78 is 0. The summed E-state index contributed by atoms with van der Waals surface area (Å²) in [5.74, 6) is 0. The molecule has 1 nitrogen and oxygen atoms in total. The third-order valence-electron chi connectivity index (χ3n) is 12.2. The van der Waals surface area contributed by atoms with Crippen molar-refractivity contribution >= 4 is 17.0 Å². The standard InChI is InChI=1S/C51H35N/c1-50-32-47-41(40-23-7-10-26-44(40)51(47)42-24-8-5-21-38(42)39-22-6-9-25-43(39)51)31-46(50)49(52-48-28-12-11-27-45(48)50)37-20-14-19-36(30-37)35-18-13-17-34(29-35)33-15-3-2-4-16-33/h2-31H,32H2,1H3. The Bertz CT molecular complexity index is 2680. The summed E-state index contributed by atoms with van der Waals surface area (Å²) in [6.07, 6.45) is 3.42. The van der Waals surface area contributed by atoms with Crippen molar-refractivity contribution < 1.29 is 0 Å². The van der Waals surface area contributed by atoms with Crippen LogP contribution in [0.25, 0.3) is 39.0 Å². The molecule has 0 fully saturated rings.